The monoisotopic (exact) mass is 172 g/mol. The fourth-order valence-corrected chi connectivity index (χ4v) is 1.12. The van der Waals surface area contributed by atoms with Gasteiger partial charge >= 0.3 is 0 Å². The Labute approximate surface area is 76.7 Å². The first-order valence-electron chi connectivity index (χ1n) is 4.88. The van der Waals surface area contributed by atoms with E-state index >= 15 is 0 Å². The molecule has 0 aliphatic heterocycles. The van der Waals surface area contributed by atoms with Gasteiger partial charge in [0.25, 0.3) is 0 Å². The second kappa shape index (κ2) is 4.83. The maximum atomic E-state index is 5.91. The van der Waals surface area contributed by atoms with Crippen LogP contribution >= 0.6 is 0 Å². The van der Waals surface area contributed by atoms with Gasteiger partial charge in [0.1, 0.15) is 0 Å². The minimum atomic E-state index is -0.225. The molecule has 0 fully saturated rings. The Kier molecular flexibility index (Phi) is 4.80. The second-order valence-corrected chi connectivity index (χ2v) is 4.75. The van der Waals surface area contributed by atoms with Crippen LogP contribution in [-0.2, 0) is 0 Å². The topological polar surface area (TPSA) is 52.0 Å². The van der Waals surface area contributed by atoms with E-state index < -0.39 is 0 Å². The summed E-state index contributed by atoms with van der Waals surface area (Å²) in [6.07, 6.45) is 3.49. The molecule has 0 heterocycles. The average Bonchev–Trinajstić information content (AvgIpc) is 1.84. The maximum Gasteiger partial charge on any atom is 0.0250 e. The van der Waals surface area contributed by atoms with Gasteiger partial charge in [-0.15, -0.1) is 0 Å². The first-order chi connectivity index (χ1) is 5.34. The molecule has 0 aliphatic rings. The van der Waals surface area contributed by atoms with Crippen LogP contribution in [0.5, 0.6) is 0 Å². The maximum absolute atomic E-state index is 5.91. The molecule has 12 heavy (non-hydrogen) atoms. The summed E-state index contributed by atoms with van der Waals surface area (Å²) in [5.74, 6) is 0.776. The van der Waals surface area contributed by atoms with Gasteiger partial charge < -0.3 is 11.5 Å². The summed E-state index contributed by atoms with van der Waals surface area (Å²) in [5.41, 5.74) is 11.6. The number of hydrogen-bond donors (Lipinski definition) is 2. The van der Waals surface area contributed by atoms with E-state index in [1.807, 2.05) is 13.8 Å². The summed E-state index contributed by atoms with van der Waals surface area (Å²) >= 11 is 0. The van der Waals surface area contributed by atoms with Crippen molar-refractivity contribution in [3.63, 3.8) is 0 Å². The van der Waals surface area contributed by atoms with Crippen molar-refractivity contribution >= 4 is 0 Å². The van der Waals surface area contributed by atoms with Crippen LogP contribution < -0.4 is 11.5 Å². The molecule has 0 aromatic carbocycles. The molecule has 0 saturated heterocycles. The van der Waals surface area contributed by atoms with Crippen molar-refractivity contribution < 1.29 is 0 Å². The zero-order valence-electron chi connectivity index (χ0n) is 8.93. The molecule has 0 aliphatic carbocycles. The Balaban J connectivity index is 3.51. The highest BCUT2D eigenvalue weighted by molar-refractivity contribution is 4.84. The first-order valence-corrected chi connectivity index (χ1v) is 4.88. The van der Waals surface area contributed by atoms with Gasteiger partial charge in [-0.3, -0.25) is 0 Å². The second-order valence-electron chi connectivity index (χ2n) is 4.75. The van der Waals surface area contributed by atoms with Crippen molar-refractivity contribution in [2.75, 3.05) is 0 Å². The van der Waals surface area contributed by atoms with Crippen molar-refractivity contribution in [1.82, 2.24) is 0 Å². The number of rotatable bonds is 5. The largest absolute Gasteiger partial charge is 0.326 e. The van der Waals surface area contributed by atoms with Crippen molar-refractivity contribution in [2.45, 2.75) is 58.5 Å². The summed E-state index contributed by atoms with van der Waals surface area (Å²) in [6.45, 7) is 8.46. The van der Waals surface area contributed by atoms with Gasteiger partial charge in [-0.2, -0.15) is 0 Å². The summed E-state index contributed by atoms with van der Waals surface area (Å²) in [5, 5.41) is 0. The van der Waals surface area contributed by atoms with E-state index in [4.69, 9.17) is 11.5 Å². The molecule has 2 heteroatoms. The van der Waals surface area contributed by atoms with Crippen molar-refractivity contribution in [3.8, 4) is 0 Å². The van der Waals surface area contributed by atoms with Gasteiger partial charge in [-0.05, 0) is 26.2 Å². The molecular formula is C10H24N2. The van der Waals surface area contributed by atoms with E-state index in [1.165, 1.54) is 12.8 Å². The van der Waals surface area contributed by atoms with Crippen LogP contribution in [0.3, 0.4) is 0 Å². The summed E-state index contributed by atoms with van der Waals surface area (Å²) < 4.78 is 0. The highest BCUT2D eigenvalue weighted by Crippen LogP contribution is 2.12. The van der Waals surface area contributed by atoms with Gasteiger partial charge in [0.2, 0.25) is 0 Å². The van der Waals surface area contributed by atoms with Crippen LogP contribution in [0, 0.1) is 5.92 Å². The van der Waals surface area contributed by atoms with Crippen LogP contribution in [0.25, 0.3) is 0 Å². The zero-order chi connectivity index (χ0) is 9.78. The molecule has 0 saturated carbocycles. The Hall–Kier alpha value is -0.0800. The fourth-order valence-electron chi connectivity index (χ4n) is 1.12. The smallest absolute Gasteiger partial charge is 0.0250 e. The molecule has 2 nitrogen and oxygen atoms in total. The molecule has 1 atom stereocenters. The van der Waals surface area contributed by atoms with Crippen molar-refractivity contribution in [1.29, 1.82) is 0 Å². The van der Waals surface area contributed by atoms with Gasteiger partial charge in [0.05, 0.1) is 0 Å². The van der Waals surface area contributed by atoms with Crippen LogP contribution in [0.2, 0.25) is 0 Å². The van der Waals surface area contributed by atoms with Crippen LogP contribution in [0.15, 0.2) is 0 Å². The SMILES string of the molecule is CC(C)CCCC(N)C(C)(C)N. The summed E-state index contributed by atoms with van der Waals surface area (Å²) in [6, 6.07) is 0.135. The Morgan fingerprint density at radius 2 is 1.67 bits per heavy atom. The molecule has 0 aromatic rings. The minimum Gasteiger partial charge on any atom is -0.326 e. The molecule has 74 valence electrons. The normalized spacial score (nSPS) is 15.2. The molecule has 0 aromatic heterocycles. The lowest BCUT2D eigenvalue weighted by atomic mass is 9.91. The third-order valence-electron chi connectivity index (χ3n) is 2.25. The van der Waals surface area contributed by atoms with Gasteiger partial charge in [0.15, 0.2) is 0 Å². The first kappa shape index (κ1) is 11.9. The van der Waals surface area contributed by atoms with Crippen molar-refractivity contribution in [3.05, 3.63) is 0 Å². The average molecular weight is 172 g/mol. The van der Waals surface area contributed by atoms with Gasteiger partial charge in [0, 0.05) is 11.6 Å². The lowest BCUT2D eigenvalue weighted by Gasteiger charge is -2.27. The molecule has 0 radical (unpaired) electrons. The fraction of sp³-hybridized carbons (Fsp3) is 1.00. The highest BCUT2D eigenvalue weighted by atomic mass is 14.8. The third-order valence-corrected chi connectivity index (χ3v) is 2.25. The van der Waals surface area contributed by atoms with E-state index in [2.05, 4.69) is 13.8 Å². The number of hydrogen-bond acceptors (Lipinski definition) is 2. The van der Waals surface area contributed by atoms with E-state index in [0.29, 0.717) is 0 Å². The quantitative estimate of drug-likeness (QED) is 0.665. The summed E-state index contributed by atoms with van der Waals surface area (Å²) in [7, 11) is 0. The molecule has 0 spiro atoms. The van der Waals surface area contributed by atoms with Crippen molar-refractivity contribution in [2.24, 2.45) is 17.4 Å². The van der Waals surface area contributed by atoms with E-state index in [9.17, 15) is 0 Å². The third kappa shape index (κ3) is 5.56. The predicted octanol–water partition coefficient (Wildman–Crippen LogP) is 1.88. The van der Waals surface area contributed by atoms with E-state index in [-0.39, 0.29) is 11.6 Å². The lowest BCUT2D eigenvalue weighted by molar-refractivity contribution is 0.369. The standard InChI is InChI=1S/C10H24N2/c1-8(2)6-5-7-9(11)10(3,4)12/h8-9H,5-7,11-12H2,1-4H3. The Morgan fingerprint density at radius 3 is 2.00 bits per heavy atom. The van der Waals surface area contributed by atoms with Gasteiger partial charge in [-0.25, -0.2) is 0 Å². The molecule has 1 unspecified atom stereocenters. The van der Waals surface area contributed by atoms with Gasteiger partial charge in [-0.1, -0.05) is 26.7 Å². The molecule has 0 amide bonds. The molecule has 0 rings (SSSR count). The van der Waals surface area contributed by atoms with Crippen LogP contribution in [0.4, 0.5) is 0 Å². The predicted molar refractivity (Wildman–Crippen MR) is 54.9 cm³/mol. The van der Waals surface area contributed by atoms with Crippen LogP contribution in [0.1, 0.15) is 47.0 Å². The molecule has 4 N–H and O–H groups in total. The lowest BCUT2D eigenvalue weighted by Crippen LogP contribution is -2.50. The van der Waals surface area contributed by atoms with E-state index in [0.717, 1.165) is 12.3 Å². The Morgan fingerprint density at radius 1 is 1.17 bits per heavy atom. The number of nitrogens with two attached hydrogens (primary N) is 2. The van der Waals surface area contributed by atoms with E-state index in [1.54, 1.807) is 0 Å². The zero-order valence-corrected chi connectivity index (χ0v) is 8.93. The highest BCUT2D eigenvalue weighted by Gasteiger charge is 2.20. The van der Waals surface area contributed by atoms with Crippen LogP contribution in [-0.4, -0.2) is 11.6 Å². The minimum absolute atomic E-state index is 0.135. The molecular weight excluding hydrogens is 148 g/mol. The summed E-state index contributed by atoms with van der Waals surface area (Å²) in [4.78, 5) is 0. The molecule has 0 bridgehead atoms. The Bertz CT molecular complexity index is 113.